The van der Waals surface area contributed by atoms with Crippen LogP contribution in [0.2, 0.25) is 0 Å². The number of carbonyl (C=O) groups excluding carboxylic acids is 1. The summed E-state index contributed by atoms with van der Waals surface area (Å²) in [6.07, 6.45) is 9.60. The molecule has 0 aliphatic carbocycles. The number of aromatic nitrogens is 4. The number of nitrogens with zero attached hydrogens (tertiary/aromatic N) is 4. The van der Waals surface area contributed by atoms with Crippen LogP contribution in [0.4, 0.5) is 0 Å². The molecule has 23 heavy (non-hydrogen) atoms. The number of aryl methyl sites for hydroxylation is 1. The highest BCUT2D eigenvalue weighted by molar-refractivity contribution is 5.94. The highest BCUT2D eigenvalue weighted by atomic mass is 16.5. The smallest absolute Gasteiger partial charge is 0.254 e. The normalized spacial score (nSPS) is 17.7. The van der Waals surface area contributed by atoms with E-state index < -0.39 is 0 Å². The van der Waals surface area contributed by atoms with Gasteiger partial charge in [0.2, 0.25) is 0 Å². The Kier molecular flexibility index (Phi) is 4.87. The van der Waals surface area contributed by atoms with Crippen molar-refractivity contribution in [3.63, 3.8) is 0 Å². The van der Waals surface area contributed by atoms with Gasteiger partial charge in [-0.2, -0.15) is 0 Å². The van der Waals surface area contributed by atoms with Crippen molar-refractivity contribution >= 4 is 5.91 Å². The summed E-state index contributed by atoms with van der Waals surface area (Å²) in [5.41, 5.74) is 1.96. The van der Waals surface area contributed by atoms with E-state index in [2.05, 4.69) is 25.3 Å². The van der Waals surface area contributed by atoms with Crippen LogP contribution in [-0.4, -0.2) is 32.4 Å². The van der Waals surface area contributed by atoms with Crippen molar-refractivity contribution in [2.45, 2.75) is 38.8 Å². The average molecular weight is 313 g/mol. The van der Waals surface area contributed by atoms with Gasteiger partial charge in [0.15, 0.2) is 5.82 Å². The van der Waals surface area contributed by atoms with E-state index in [1.165, 1.54) is 12.5 Å². The van der Waals surface area contributed by atoms with Crippen LogP contribution in [0.15, 0.2) is 24.9 Å². The van der Waals surface area contributed by atoms with Gasteiger partial charge in [-0.1, -0.05) is 0 Å². The highest BCUT2D eigenvalue weighted by Crippen LogP contribution is 2.24. The molecular formula is C16H19N5O2. The van der Waals surface area contributed by atoms with Crippen molar-refractivity contribution in [3.05, 3.63) is 47.6 Å². The Morgan fingerprint density at radius 2 is 2.09 bits per heavy atom. The Morgan fingerprint density at radius 1 is 1.26 bits per heavy atom. The molecule has 0 bridgehead atoms. The van der Waals surface area contributed by atoms with Crippen molar-refractivity contribution < 1.29 is 9.53 Å². The van der Waals surface area contributed by atoms with Gasteiger partial charge in [-0.25, -0.2) is 19.9 Å². The minimum Gasteiger partial charge on any atom is -0.370 e. The van der Waals surface area contributed by atoms with Crippen LogP contribution in [0.3, 0.4) is 0 Å². The van der Waals surface area contributed by atoms with Crippen molar-refractivity contribution in [2.75, 3.05) is 6.61 Å². The van der Waals surface area contributed by atoms with Gasteiger partial charge in [0.25, 0.3) is 5.91 Å². The van der Waals surface area contributed by atoms with E-state index in [0.717, 1.165) is 31.4 Å². The zero-order valence-corrected chi connectivity index (χ0v) is 13.0. The molecule has 0 saturated carbocycles. The highest BCUT2D eigenvalue weighted by Gasteiger charge is 2.18. The maximum absolute atomic E-state index is 12.1. The Labute approximate surface area is 134 Å². The maximum Gasteiger partial charge on any atom is 0.254 e. The minimum absolute atomic E-state index is 0.00323. The largest absolute Gasteiger partial charge is 0.370 e. The molecule has 3 rings (SSSR count). The molecule has 1 atom stereocenters. The molecule has 1 saturated heterocycles. The van der Waals surface area contributed by atoms with Crippen molar-refractivity contribution in [1.82, 2.24) is 25.3 Å². The van der Waals surface area contributed by atoms with Crippen LogP contribution in [-0.2, 0) is 11.3 Å². The molecule has 7 heteroatoms. The molecular weight excluding hydrogens is 294 g/mol. The van der Waals surface area contributed by atoms with Gasteiger partial charge in [-0.15, -0.1) is 0 Å². The van der Waals surface area contributed by atoms with Crippen molar-refractivity contribution in [2.24, 2.45) is 0 Å². The quantitative estimate of drug-likeness (QED) is 0.925. The van der Waals surface area contributed by atoms with E-state index in [-0.39, 0.29) is 12.0 Å². The predicted octanol–water partition coefficient (Wildman–Crippen LogP) is 1.75. The van der Waals surface area contributed by atoms with Crippen LogP contribution in [0, 0.1) is 6.92 Å². The van der Waals surface area contributed by atoms with E-state index in [0.29, 0.717) is 23.6 Å². The van der Waals surface area contributed by atoms with Crippen LogP contribution >= 0.6 is 0 Å². The topological polar surface area (TPSA) is 89.9 Å². The van der Waals surface area contributed by atoms with Gasteiger partial charge in [0.05, 0.1) is 11.3 Å². The lowest BCUT2D eigenvalue weighted by Crippen LogP contribution is -2.24. The molecule has 0 spiro atoms. The first kappa shape index (κ1) is 15.5. The third-order valence-corrected chi connectivity index (χ3v) is 3.80. The molecule has 1 aliphatic heterocycles. The molecule has 0 radical (unpaired) electrons. The first-order valence-electron chi connectivity index (χ1n) is 7.71. The number of carbonyl (C=O) groups is 1. The third kappa shape index (κ3) is 3.87. The van der Waals surface area contributed by atoms with Gasteiger partial charge < -0.3 is 10.1 Å². The summed E-state index contributed by atoms with van der Waals surface area (Å²) >= 11 is 0. The standard InChI is InChI=1S/C16H19N5O2/c1-11-13(9-17-10-21-11)16(22)20-8-12-6-18-15(19-7-12)14-4-2-3-5-23-14/h6-7,9-10,14H,2-5,8H2,1H3,(H,20,22)/t14-/m1/s1. The Balaban J connectivity index is 1.58. The number of amides is 1. The van der Waals surface area contributed by atoms with Crippen molar-refractivity contribution in [1.29, 1.82) is 0 Å². The molecule has 7 nitrogen and oxygen atoms in total. The van der Waals surface area contributed by atoms with Gasteiger partial charge in [-0.05, 0) is 26.2 Å². The molecule has 1 aliphatic rings. The van der Waals surface area contributed by atoms with Crippen molar-refractivity contribution in [3.8, 4) is 0 Å². The number of ether oxygens (including phenoxy) is 1. The summed E-state index contributed by atoms with van der Waals surface area (Å²) in [7, 11) is 0. The summed E-state index contributed by atoms with van der Waals surface area (Å²) in [6, 6.07) is 0. The maximum atomic E-state index is 12.1. The predicted molar refractivity (Wildman–Crippen MR) is 82.5 cm³/mol. The van der Waals surface area contributed by atoms with Crippen LogP contribution in [0.1, 0.15) is 52.8 Å². The summed E-state index contributed by atoms with van der Waals surface area (Å²) in [6.45, 7) is 2.90. The molecule has 1 N–H and O–H groups in total. The summed E-state index contributed by atoms with van der Waals surface area (Å²) in [5.74, 6) is 0.509. The molecule has 2 aromatic heterocycles. The molecule has 0 aromatic carbocycles. The van der Waals surface area contributed by atoms with Gasteiger partial charge in [-0.3, -0.25) is 4.79 Å². The van der Waals surface area contributed by atoms with Crippen LogP contribution in [0.25, 0.3) is 0 Å². The molecule has 2 aromatic rings. The molecule has 120 valence electrons. The van der Waals surface area contributed by atoms with E-state index in [1.54, 1.807) is 19.3 Å². The Bertz CT molecular complexity index is 668. The average Bonchev–Trinajstić information content (AvgIpc) is 2.61. The number of hydrogen-bond acceptors (Lipinski definition) is 6. The lowest BCUT2D eigenvalue weighted by atomic mass is 10.1. The zero-order valence-electron chi connectivity index (χ0n) is 13.0. The Hall–Kier alpha value is -2.41. The lowest BCUT2D eigenvalue weighted by Gasteiger charge is -2.21. The second kappa shape index (κ2) is 7.23. The number of hydrogen-bond donors (Lipinski definition) is 1. The molecule has 3 heterocycles. The SMILES string of the molecule is Cc1ncncc1C(=O)NCc1cnc([C@H]2CCCCO2)nc1. The molecule has 1 amide bonds. The second-order valence-corrected chi connectivity index (χ2v) is 5.51. The Morgan fingerprint density at radius 3 is 2.78 bits per heavy atom. The van der Waals surface area contributed by atoms with Gasteiger partial charge in [0, 0.05) is 37.3 Å². The van der Waals surface area contributed by atoms with E-state index in [4.69, 9.17) is 4.74 Å². The van der Waals surface area contributed by atoms with E-state index in [1.807, 2.05) is 0 Å². The summed E-state index contributed by atoms with van der Waals surface area (Å²) < 4.78 is 5.66. The minimum atomic E-state index is -0.206. The zero-order chi connectivity index (χ0) is 16.1. The summed E-state index contributed by atoms with van der Waals surface area (Å²) in [5, 5.41) is 2.82. The molecule has 0 unspecified atom stereocenters. The monoisotopic (exact) mass is 313 g/mol. The van der Waals surface area contributed by atoms with Crippen LogP contribution < -0.4 is 5.32 Å². The first-order chi connectivity index (χ1) is 11.2. The lowest BCUT2D eigenvalue weighted by molar-refractivity contribution is 0.00940. The third-order valence-electron chi connectivity index (χ3n) is 3.80. The molecule has 1 fully saturated rings. The van der Waals surface area contributed by atoms with E-state index >= 15 is 0 Å². The fourth-order valence-electron chi connectivity index (χ4n) is 2.46. The second-order valence-electron chi connectivity index (χ2n) is 5.51. The van der Waals surface area contributed by atoms with Gasteiger partial charge >= 0.3 is 0 Å². The van der Waals surface area contributed by atoms with Crippen LogP contribution in [0.5, 0.6) is 0 Å². The van der Waals surface area contributed by atoms with Gasteiger partial charge in [0.1, 0.15) is 12.4 Å². The number of rotatable bonds is 4. The fraction of sp³-hybridized carbons (Fsp3) is 0.438. The first-order valence-corrected chi connectivity index (χ1v) is 7.71. The fourth-order valence-corrected chi connectivity index (χ4v) is 2.46. The number of nitrogens with one attached hydrogen (secondary N) is 1. The van der Waals surface area contributed by atoms with E-state index in [9.17, 15) is 4.79 Å². The summed E-state index contributed by atoms with van der Waals surface area (Å²) in [4.78, 5) is 28.7.